The average molecular weight is 399 g/mol. The third kappa shape index (κ3) is 4.53. The van der Waals surface area contributed by atoms with Gasteiger partial charge in [-0.25, -0.2) is 0 Å². The molecule has 0 spiro atoms. The van der Waals surface area contributed by atoms with E-state index in [1.54, 1.807) is 12.1 Å². The van der Waals surface area contributed by atoms with Gasteiger partial charge in [0.25, 0.3) is 5.89 Å². The molecule has 4 rings (SSSR count). The van der Waals surface area contributed by atoms with E-state index < -0.39 is 0 Å². The summed E-state index contributed by atoms with van der Waals surface area (Å²) in [5.74, 6) is 2.42. The van der Waals surface area contributed by atoms with E-state index in [9.17, 15) is 5.26 Å². The van der Waals surface area contributed by atoms with E-state index in [1.807, 2.05) is 62.4 Å². The fourth-order valence-electron chi connectivity index (χ4n) is 2.87. The molecule has 6 heteroatoms. The van der Waals surface area contributed by atoms with Crippen LogP contribution >= 0.6 is 0 Å². The van der Waals surface area contributed by atoms with E-state index in [1.165, 1.54) is 11.1 Å². The lowest BCUT2D eigenvalue weighted by molar-refractivity contribution is 0.271. The summed E-state index contributed by atoms with van der Waals surface area (Å²) in [6.07, 6.45) is 0. The summed E-state index contributed by atoms with van der Waals surface area (Å²) < 4.78 is 17.3. The van der Waals surface area contributed by atoms with Gasteiger partial charge < -0.3 is 18.9 Å². The van der Waals surface area contributed by atoms with Gasteiger partial charge in [-0.1, -0.05) is 47.5 Å². The van der Waals surface area contributed by atoms with Crippen molar-refractivity contribution < 1.29 is 13.6 Å². The Balaban J connectivity index is 1.43. The summed E-state index contributed by atoms with van der Waals surface area (Å²) >= 11 is 0. The molecule has 0 radical (unpaired) electrons. The Morgan fingerprint density at radius 3 is 2.33 bits per heavy atom. The van der Waals surface area contributed by atoms with Gasteiger partial charge in [-0.05, 0) is 43.7 Å². The maximum atomic E-state index is 9.38. The number of oxazole rings is 1. The number of ether oxygens (including phenoxy) is 1. The number of nitrogens with zero attached hydrogens (tertiary/aromatic N) is 2. The summed E-state index contributed by atoms with van der Waals surface area (Å²) in [4.78, 5) is 4.24. The summed E-state index contributed by atoms with van der Waals surface area (Å²) in [6.45, 7) is 4.88. The molecule has 0 aliphatic rings. The lowest BCUT2D eigenvalue weighted by Gasteiger charge is -2.04. The zero-order valence-electron chi connectivity index (χ0n) is 16.8. The van der Waals surface area contributed by atoms with Crippen molar-refractivity contribution in [3.63, 3.8) is 0 Å². The molecule has 0 saturated heterocycles. The van der Waals surface area contributed by atoms with Crippen LogP contribution in [0.15, 0.2) is 69.5 Å². The van der Waals surface area contributed by atoms with Crippen molar-refractivity contribution in [1.29, 1.82) is 5.26 Å². The van der Waals surface area contributed by atoms with Crippen LogP contribution in [0, 0.1) is 25.2 Å². The largest absolute Gasteiger partial charge is 0.486 e. The number of hydrogen-bond donors (Lipinski definition) is 1. The summed E-state index contributed by atoms with van der Waals surface area (Å²) in [6, 6.07) is 21.6. The molecule has 0 atom stereocenters. The Labute approximate surface area is 174 Å². The van der Waals surface area contributed by atoms with Crippen LogP contribution in [0.3, 0.4) is 0 Å². The minimum atomic E-state index is 0.186. The average Bonchev–Trinajstić information content (AvgIpc) is 3.40. The molecule has 2 aromatic heterocycles. The van der Waals surface area contributed by atoms with E-state index in [0.717, 1.165) is 11.3 Å². The van der Waals surface area contributed by atoms with E-state index in [2.05, 4.69) is 16.4 Å². The van der Waals surface area contributed by atoms with Crippen LogP contribution in [0.1, 0.15) is 28.1 Å². The highest BCUT2D eigenvalue weighted by atomic mass is 16.5. The van der Waals surface area contributed by atoms with E-state index in [0.29, 0.717) is 23.9 Å². The summed E-state index contributed by atoms with van der Waals surface area (Å²) in [7, 11) is 0. The lowest BCUT2D eigenvalue weighted by Crippen LogP contribution is -1.99. The van der Waals surface area contributed by atoms with Gasteiger partial charge in [0.05, 0.1) is 0 Å². The minimum Gasteiger partial charge on any atom is -0.486 e. The minimum absolute atomic E-state index is 0.186. The van der Waals surface area contributed by atoms with E-state index >= 15 is 0 Å². The zero-order valence-corrected chi connectivity index (χ0v) is 16.8. The first-order valence-electron chi connectivity index (χ1n) is 9.59. The molecular formula is C24H21N3O3. The number of benzene rings is 2. The summed E-state index contributed by atoms with van der Waals surface area (Å²) in [5.41, 5.74) is 3.63. The molecule has 4 aromatic rings. The van der Waals surface area contributed by atoms with Gasteiger partial charge in [-0.3, -0.25) is 0 Å². The van der Waals surface area contributed by atoms with Crippen molar-refractivity contribution in [3.8, 4) is 23.5 Å². The number of aromatic nitrogens is 1. The normalized spacial score (nSPS) is 10.6. The van der Waals surface area contributed by atoms with Gasteiger partial charge in [0.1, 0.15) is 24.2 Å². The molecule has 30 heavy (non-hydrogen) atoms. The molecule has 0 amide bonds. The molecule has 0 aliphatic carbocycles. The highest BCUT2D eigenvalue weighted by molar-refractivity contribution is 5.54. The third-order valence-corrected chi connectivity index (χ3v) is 4.58. The summed E-state index contributed by atoms with van der Waals surface area (Å²) in [5, 5.41) is 12.5. The van der Waals surface area contributed by atoms with Crippen molar-refractivity contribution in [2.45, 2.75) is 27.0 Å². The Morgan fingerprint density at radius 1 is 0.933 bits per heavy atom. The van der Waals surface area contributed by atoms with Crippen molar-refractivity contribution in [1.82, 2.24) is 4.98 Å². The molecule has 0 saturated carbocycles. The van der Waals surface area contributed by atoms with Crippen molar-refractivity contribution in [3.05, 3.63) is 88.8 Å². The first-order valence-corrected chi connectivity index (χ1v) is 9.59. The fraction of sp³-hybridized carbons (Fsp3) is 0.167. The zero-order chi connectivity index (χ0) is 20.9. The van der Waals surface area contributed by atoms with Gasteiger partial charge in [-0.15, -0.1) is 0 Å². The SMILES string of the molecule is Cc1ccc(CNc2oc(-c3ccc(COc4ccc(C)cc4)o3)nc2C#N)cc1. The molecule has 2 aromatic carbocycles. The molecule has 150 valence electrons. The molecule has 0 bridgehead atoms. The number of nitrogens with one attached hydrogen (secondary N) is 1. The molecule has 6 nitrogen and oxygen atoms in total. The highest BCUT2D eigenvalue weighted by Gasteiger charge is 2.17. The Bertz CT molecular complexity index is 1170. The van der Waals surface area contributed by atoms with Crippen LogP contribution < -0.4 is 10.1 Å². The standard InChI is InChI=1S/C24H21N3O3/c1-16-3-7-18(8-4-16)14-26-23-21(13-25)27-24(30-23)22-12-11-20(29-22)15-28-19-9-5-17(2)6-10-19/h3-12,26H,14-15H2,1-2H3. The predicted molar refractivity (Wildman–Crippen MR) is 113 cm³/mol. The third-order valence-electron chi connectivity index (χ3n) is 4.58. The number of anilines is 1. The van der Waals surface area contributed by atoms with Gasteiger partial charge in [0, 0.05) is 6.54 Å². The van der Waals surface area contributed by atoms with Crippen LogP contribution in [-0.2, 0) is 13.2 Å². The van der Waals surface area contributed by atoms with Crippen molar-refractivity contribution in [2.75, 3.05) is 5.32 Å². The van der Waals surface area contributed by atoms with Crippen LogP contribution in [0.5, 0.6) is 5.75 Å². The monoisotopic (exact) mass is 399 g/mol. The molecule has 1 N–H and O–H groups in total. The number of aryl methyl sites for hydroxylation is 2. The van der Waals surface area contributed by atoms with Crippen molar-refractivity contribution in [2.24, 2.45) is 0 Å². The second kappa shape index (κ2) is 8.58. The van der Waals surface area contributed by atoms with Gasteiger partial charge in [-0.2, -0.15) is 10.2 Å². The predicted octanol–water partition coefficient (Wildman–Crippen LogP) is 5.61. The second-order valence-electron chi connectivity index (χ2n) is 7.02. The molecule has 0 unspecified atom stereocenters. The molecule has 0 aliphatic heterocycles. The highest BCUT2D eigenvalue weighted by Crippen LogP contribution is 2.28. The number of hydrogen-bond acceptors (Lipinski definition) is 6. The van der Waals surface area contributed by atoms with E-state index in [-0.39, 0.29) is 18.2 Å². The van der Waals surface area contributed by atoms with Crippen molar-refractivity contribution >= 4 is 5.88 Å². The number of furan rings is 1. The maximum Gasteiger partial charge on any atom is 0.266 e. The molecular weight excluding hydrogens is 378 g/mol. The Morgan fingerprint density at radius 2 is 1.63 bits per heavy atom. The van der Waals surface area contributed by atoms with Gasteiger partial charge >= 0.3 is 0 Å². The van der Waals surface area contributed by atoms with Crippen LogP contribution in [-0.4, -0.2) is 4.98 Å². The Kier molecular flexibility index (Phi) is 5.53. The fourth-order valence-corrected chi connectivity index (χ4v) is 2.87. The second-order valence-corrected chi connectivity index (χ2v) is 7.02. The quantitative estimate of drug-likeness (QED) is 0.434. The lowest BCUT2D eigenvalue weighted by atomic mass is 10.1. The van der Waals surface area contributed by atoms with Crippen LogP contribution in [0.2, 0.25) is 0 Å². The maximum absolute atomic E-state index is 9.38. The first kappa shape index (κ1) is 19.3. The van der Waals surface area contributed by atoms with Gasteiger partial charge in [0.15, 0.2) is 5.76 Å². The van der Waals surface area contributed by atoms with Crippen LogP contribution in [0.25, 0.3) is 11.7 Å². The molecule has 0 fully saturated rings. The topological polar surface area (TPSA) is 84.2 Å². The smallest absolute Gasteiger partial charge is 0.266 e. The molecule has 2 heterocycles. The first-order chi connectivity index (χ1) is 14.6. The Hall–Kier alpha value is -3.98. The van der Waals surface area contributed by atoms with Gasteiger partial charge in [0.2, 0.25) is 11.6 Å². The number of rotatable bonds is 7. The number of nitriles is 1. The van der Waals surface area contributed by atoms with Crippen LogP contribution in [0.4, 0.5) is 5.88 Å². The van der Waals surface area contributed by atoms with E-state index in [4.69, 9.17) is 13.6 Å².